The Kier molecular flexibility index (Phi) is 6.26. The van der Waals surface area contributed by atoms with Crippen LogP contribution in [0, 0.1) is 0 Å². The summed E-state index contributed by atoms with van der Waals surface area (Å²) in [4.78, 5) is 3.96. The smallest absolute Gasteiger partial charge is 0.0564 e. The highest BCUT2D eigenvalue weighted by Crippen LogP contribution is 1.74. The second-order valence-electron chi connectivity index (χ2n) is 0.991. The summed E-state index contributed by atoms with van der Waals surface area (Å²) in [6, 6.07) is 0. The molecule has 0 aliphatic heterocycles. The maximum Gasteiger partial charge on any atom is 0.0564 e. The maximum absolute atomic E-state index is 3.96. The van der Waals surface area contributed by atoms with Gasteiger partial charge in [-0.2, -0.15) is 0 Å². The number of halogens is 1. The molecule has 0 heterocycles. The van der Waals surface area contributed by atoms with Crippen molar-refractivity contribution < 1.29 is 0 Å². The van der Waals surface area contributed by atoms with Gasteiger partial charge in [0.1, 0.15) is 0 Å². The van der Waals surface area contributed by atoms with E-state index in [1.165, 1.54) is 0 Å². The SMILES string of the molecule is C=CCN=CCI. The van der Waals surface area contributed by atoms with E-state index < -0.39 is 0 Å². The van der Waals surface area contributed by atoms with Gasteiger partial charge in [0.05, 0.1) is 6.54 Å². The fourth-order valence-electron chi connectivity index (χ4n) is 0.198. The summed E-state index contributed by atoms with van der Waals surface area (Å²) < 4.78 is 0.992. The summed E-state index contributed by atoms with van der Waals surface area (Å²) in [5, 5.41) is 0. The van der Waals surface area contributed by atoms with Crippen LogP contribution in [0.4, 0.5) is 0 Å². The van der Waals surface area contributed by atoms with Crippen LogP contribution in [-0.4, -0.2) is 17.2 Å². The largest absolute Gasteiger partial charge is 0.293 e. The van der Waals surface area contributed by atoms with Crippen LogP contribution in [0.3, 0.4) is 0 Å². The summed E-state index contributed by atoms with van der Waals surface area (Å²) in [6.07, 6.45) is 3.66. The first-order chi connectivity index (χ1) is 3.41. The van der Waals surface area contributed by atoms with Gasteiger partial charge in [-0.25, -0.2) is 0 Å². The molecule has 0 saturated carbocycles. The van der Waals surface area contributed by atoms with Gasteiger partial charge in [-0.15, -0.1) is 6.58 Å². The van der Waals surface area contributed by atoms with Crippen molar-refractivity contribution in [3.63, 3.8) is 0 Å². The topological polar surface area (TPSA) is 12.4 Å². The zero-order valence-corrected chi connectivity index (χ0v) is 6.26. The van der Waals surface area contributed by atoms with Gasteiger partial charge < -0.3 is 0 Å². The fraction of sp³-hybridized carbons (Fsp3) is 0.400. The molecule has 2 heteroatoms. The third-order valence-electron chi connectivity index (χ3n) is 0.433. The fourth-order valence-corrected chi connectivity index (χ4v) is 0.476. The molecule has 0 fully saturated rings. The van der Waals surface area contributed by atoms with E-state index in [0.29, 0.717) is 0 Å². The van der Waals surface area contributed by atoms with E-state index in [9.17, 15) is 0 Å². The third kappa shape index (κ3) is 6.14. The average molecular weight is 209 g/mol. The summed E-state index contributed by atoms with van der Waals surface area (Å²) in [7, 11) is 0. The molecule has 40 valence electrons. The minimum atomic E-state index is 0.753. The Morgan fingerprint density at radius 3 is 2.86 bits per heavy atom. The molecular formula is C5H8IN. The van der Waals surface area contributed by atoms with Crippen LogP contribution in [0.15, 0.2) is 17.6 Å². The molecule has 1 nitrogen and oxygen atoms in total. The predicted octanol–water partition coefficient (Wildman–Crippen LogP) is 1.68. The number of hydrogen-bond acceptors (Lipinski definition) is 1. The highest BCUT2D eigenvalue weighted by atomic mass is 127. The summed E-state index contributed by atoms with van der Waals surface area (Å²) in [5.41, 5.74) is 0. The molecule has 0 unspecified atom stereocenters. The Hall–Kier alpha value is 0.140. The minimum Gasteiger partial charge on any atom is -0.293 e. The second kappa shape index (κ2) is 6.14. The van der Waals surface area contributed by atoms with E-state index in [0.717, 1.165) is 11.0 Å². The Labute approximate surface area is 57.7 Å². The lowest BCUT2D eigenvalue weighted by molar-refractivity contribution is 1.26. The Bertz CT molecular complexity index is 68.5. The summed E-state index contributed by atoms with van der Waals surface area (Å²) in [5.74, 6) is 0. The van der Waals surface area contributed by atoms with Crippen LogP contribution in [-0.2, 0) is 0 Å². The van der Waals surface area contributed by atoms with Crippen molar-refractivity contribution in [1.82, 2.24) is 0 Å². The number of aliphatic imine (C=N–C) groups is 1. The number of hydrogen-bond donors (Lipinski definition) is 0. The van der Waals surface area contributed by atoms with Gasteiger partial charge in [0.25, 0.3) is 0 Å². The van der Waals surface area contributed by atoms with E-state index in [1.807, 2.05) is 6.21 Å². The minimum absolute atomic E-state index is 0.753. The summed E-state index contributed by atoms with van der Waals surface area (Å²) in [6.45, 7) is 4.27. The van der Waals surface area contributed by atoms with E-state index >= 15 is 0 Å². The average Bonchev–Trinajstić information content (AvgIpc) is 1.69. The molecule has 0 atom stereocenters. The van der Waals surface area contributed by atoms with Gasteiger partial charge in [0.15, 0.2) is 0 Å². The number of rotatable bonds is 3. The predicted molar refractivity (Wildman–Crippen MR) is 42.4 cm³/mol. The van der Waals surface area contributed by atoms with Crippen molar-refractivity contribution in [2.45, 2.75) is 0 Å². The van der Waals surface area contributed by atoms with Crippen LogP contribution in [0.5, 0.6) is 0 Å². The van der Waals surface area contributed by atoms with Crippen LogP contribution in [0.25, 0.3) is 0 Å². The molecule has 0 bridgehead atoms. The van der Waals surface area contributed by atoms with Gasteiger partial charge in [-0.05, 0) is 0 Å². The number of alkyl halides is 1. The van der Waals surface area contributed by atoms with Gasteiger partial charge in [0.2, 0.25) is 0 Å². The molecule has 0 radical (unpaired) electrons. The first-order valence-electron chi connectivity index (χ1n) is 2.07. The lowest BCUT2D eigenvalue weighted by atomic mass is 10.6. The van der Waals surface area contributed by atoms with Crippen molar-refractivity contribution in [3.8, 4) is 0 Å². The highest BCUT2D eigenvalue weighted by molar-refractivity contribution is 14.1. The molecule has 0 aromatic rings. The highest BCUT2D eigenvalue weighted by Gasteiger charge is 1.64. The van der Waals surface area contributed by atoms with Crippen LogP contribution >= 0.6 is 22.6 Å². The quantitative estimate of drug-likeness (QED) is 0.290. The lowest BCUT2D eigenvalue weighted by Crippen LogP contribution is -1.74. The molecule has 0 saturated heterocycles. The van der Waals surface area contributed by atoms with Crippen LogP contribution in [0.2, 0.25) is 0 Å². The molecule has 0 N–H and O–H groups in total. The van der Waals surface area contributed by atoms with Crippen LogP contribution in [0.1, 0.15) is 0 Å². The van der Waals surface area contributed by atoms with Crippen molar-refractivity contribution in [1.29, 1.82) is 0 Å². The van der Waals surface area contributed by atoms with Crippen molar-refractivity contribution >= 4 is 28.8 Å². The van der Waals surface area contributed by atoms with E-state index in [2.05, 4.69) is 34.2 Å². The van der Waals surface area contributed by atoms with Crippen molar-refractivity contribution in [2.24, 2.45) is 4.99 Å². The molecule has 0 amide bonds. The molecule has 7 heavy (non-hydrogen) atoms. The van der Waals surface area contributed by atoms with Gasteiger partial charge >= 0.3 is 0 Å². The molecular weight excluding hydrogens is 201 g/mol. The van der Waals surface area contributed by atoms with Gasteiger partial charge in [-0.3, -0.25) is 4.99 Å². The van der Waals surface area contributed by atoms with E-state index in [1.54, 1.807) is 6.08 Å². The molecule has 0 rings (SSSR count). The Morgan fingerprint density at radius 2 is 2.43 bits per heavy atom. The molecule has 0 aromatic carbocycles. The third-order valence-corrected chi connectivity index (χ3v) is 0.827. The van der Waals surface area contributed by atoms with Crippen molar-refractivity contribution in [3.05, 3.63) is 12.7 Å². The standard InChI is InChI=1S/C5H8IN/c1-2-4-7-5-3-6/h2,5H,1,3-4H2. The molecule has 0 aliphatic rings. The number of nitrogens with zero attached hydrogens (tertiary/aromatic N) is 1. The Morgan fingerprint density at radius 1 is 1.71 bits per heavy atom. The first kappa shape index (κ1) is 7.14. The molecule has 0 aliphatic carbocycles. The summed E-state index contributed by atoms with van der Waals surface area (Å²) >= 11 is 2.24. The first-order valence-corrected chi connectivity index (χ1v) is 3.59. The Balaban J connectivity index is 2.92. The van der Waals surface area contributed by atoms with Gasteiger partial charge in [-0.1, -0.05) is 28.7 Å². The monoisotopic (exact) mass is 209 g/mol. The van der Waals surface area contributed by atoms with E-state index in [4.69, 9.17) is 0 Å². The van der Waals surface area contributed by atoms with E-state index in [-0.39, 0.29) is 0 Å². The molecule has 0 aromatic heterocycles. The zero-order chi connectivity index (χ0) is 5.54. The van der Waals surface area contributed by atoms with Gasteiger partial charge in [0, 0.05) is 10.6 Å². The normalized spacial score (nSPS) is 9.86. The zero-order valence-electron chi connectivity index (χ0n) is 4.10. The lowest BCUT2D eigenvalue weighted by Gasteiger charge is -1.75. The maximum atomic E-state index is 3.96. The molecule has 0 spiro atoms. The van der Waals surface area contributed by atoms with Crippen molar-refractivity contribution in [2.75, 3.05) is 11.0 Å². The van der Waals surface area contributed by atoms with Crippen LogP contribution < -0.4 is 0 Å². The second-order valence-corrected chi connectivity index (χ2v) is 1.87.